The van der Waals surface area contributed by atoms with E-state index in [-0.39, 0.29) is 0 Å². The highest BCUT2D eigenvalue weighted by Crippen LogP contribution is 2.30. The molecule has 0 saturated carbocycles. The quantitative estimate of drug-likeness (QED) is 0.728. The fraction of sp³-hybridized carbons (Fsp3) is 0.455. The third-order valence-corrected chi connectivity index (χ3v) is 2.87. The van der Waals surface area contributed by atoms with Gasteiger partial charge in [-0.25, -0.2) is 0 Å². The average molecular weight is 190 g/mol. The van der Waals surface area contributed by atoms with Crippen molar-refractivity contribution in [2.45, 2.75) is 19.4 Å². The van der Waals surface area contributed by atoms with E-state index in [2.05, 4.69) is 17.4 Å². The van der Waals surface area contributed by atoms with E-state index in [1.165, 1.54) is 12.0 Å². The fourth-order valence-corrected chi connectivity index (χ4v) is 2.06. The number of hydrogen-bond acceptors (Lipinski definition) is 3. The first kappa shape index (κ1) is 9.34. The summed E-state index contributed by atoms with van der Waals surface area (Å²) < 4.78 is 0. The number of hydrogen-bond donors (Lipinski definition) is 1. The zero-order valence-corrected chi connectivity index (χ0v) is 8.23. The van der Waals surface area contributed by atoms with Crippen LogP contribution in [0, 0.1) is 10.8 Å². The zero-order valence-electron chi connectivity index (χ0n) is 8.23. The van der Waals surface area contributed by atoms with Crippen LogP contribution in [0.2, 0.25) is 0 Å². The van der Waals surface area contributed by atoms with E-state index in [1.807, 2.05) is 18.2 Å². The molecule has 0 radical (unpaired) electrons. The molecule has 1 N–H and O–H groups in total. The van der Waals surface area contributed by atoms with Crippen LogP contribution in [0.25, 0.3) is 0 Å². The summed E-state index contributed by atoms with van der Waals surface area (Å²) in [7, 11) is 0. The Bertz CT molecular complexity index is 338. The zero-order chi connectivity index (χ0) is 9.97. The van der Waals surface area contributed by atoms with Crippen LogP contribution in [-0.4, -0.2) is 6.54 Å². The molecule has 0 bridgehead atoms. The molecule has 0 amide bonds. The van der Waals surface area contributed by atoms with Gasteiger partial charge in [0.15, 0.2) is 0 Å². The van der Waals surface area contributed by atoms with Crippen LogP contribution in [0.4, 0.5) is 5.69 Å². The van der Waals surface area contributed by atoms with Gasteiger partial charge in [0.1, 0.15) is 5.69 Å². The maximum atomic E-state index is 10.4. The second-order valence-corrected chi connectivity index (χ2v) is 3.88. The van der Waals surface area contributed by atoms with Gasteiger partial charge in [-0.2, -0.15) is 0 Å². The van der Waals surface area contributed by atoms with E-state index in [9.17, 15) is 4.91 Å². The van der Waals surface area contributed by atoms with Gasteiger partial charge in [0.05, 0.1) is 0 Å². The summed E-state index contributed by atoms with van der Waals surface area (Å²) in [4.78, 5) is 10.4. The van der Waals surface area contributed by atoms with E-state index in [1.54, 1.807) is 6.07 Å². The standard InChI is InChI=1S/C11H14N2O/c1-8-5-6-12-11(8)9-3-2-4-10(7-9)13-14/h2-4,7-8,11-12H,5-6H2,1H3. The van der Waals surface area contributed by atoms with Crippen molar-refractivity contribution in [2.75, 3.05) is 6.54 Å². The Morgan fingerprint density at radius 1 is 1.50 bits per heavy atom. The predicted molar refractivity (Wildman–Crippen MR) is 56.4 cm³/mol. The molecule has 0 spiro atoms. The van der Waals surface area contributed by atoms with Crippen molar-refractivity contribution in [1.82, 2.24) is 5.32 Å². The molecular weight excluding hydrogens is 176 g/mol. The summed E-state index contributed by atoms with van der Waals surface area (Å²) in [5.41, 5.74) is 1.69. The molecule has 0 aliphatic carbocycles. The van der Waals surface area contributed by atoms with Crippen molar-refractivity contribution < 1.29 is 0 Å². The summed E-state index contributed by atoms with van der Waals surface area (Å²) in [6, 6.07) is 7.92. The maximum Gasteiger partial charge on any atom is 0.108 e. The van der Waals surface area contributed by atoms with Crippen LogP contribution >= 0.6 is 0 Å². The smallest absolute Gasteiger partial charge is 0.108 e. The van der Waals surface area contributed by atoms with Crippen LogP contribution in [0.3, 0.4) is 0 Å². The van der Waals surface area contributed by atoms with Gasteiger partial charge < -0.3 is 5.32 Å². The minimum absolute atomic E-state index is 0.386. The Labute approximate surface area is 83.5 Å². The van der Waals surface area contributed by atoms with Crippen LogP contribution in [0.15, 0.2) is 29.4 Å². The highest BCUT2D eigenvalue weighted by atomic mass is 16.3. The highest BCUT2D eigenvalue weighted by Gasteiger charge is 2.24. The van der Waals surface area contributed by atoms with Gasteiger partial charge in [0, 0.05) is 6.04 Å². The molecule has 2 atom stereocenters. The van der Waals surface area contributed by atoms with Crippen LogP contribution in [-0.2, 0) is 0 Å². The second kappa shape index (κ2) is 3.88. The van der Waals surface area contributed by atoms with Crippen LogP contribution in [0.1, 0.15) is 24.9 Å². The molecule has 1 aromatic carbocycles. The van der Waals surface area contributed by atoms with Gasteiger partial charge in [-0.15, -0.1) is 4.91 Å². The molecule has 2 unspecified atom stereocenters. The highest BCUT2D eigenvalue weighted by molar-refractivity contribution is 5.41. The van der Waals surface area contributed by atoms with E-state index < -0.39 is 0 Å². The topological polar surface area (TPSA) is 41.5 Å². The van der Waals surface area contributed by atoms with Gasteiger partial charge in [-0.3, -0.25) is 0 Å². The summed E-state index contributed by atoms with van der Waals surface area (Å²) in [5.74, 6) is 0.636. The number of nitroso groups, excluding NO2 is 1. The Morgan fingerprint density at radius 3 is 3.00 bits per heavy atom. The van der Waals surface area contributed by atoms with E-state index >= 15 is 0 Å². The summed E-state index contributed by atoms with van der Waals surface area (Å²) >= 11 is 0. The predicted octanol–water partition coefficient (Wildman–Crippen LogP) is 2.76. The van der Waals surface area contributed by atoms with E-state index in [0.717, 1.165) is 6.54 Å². The van der Waals surface area contributed by atoms with Crippen molar-refractivity contribution in [3.05, 3.63) is 34.7 Å². The average Bonchev–Trinajstić information content (AvgIpc) is 2.65. The normalized spacial score (nSPS) is 26.4. The third kappa shape index (κ3) is 1.68. The molecule has 3 heteroatoms. The Balaban J connectivity index is 2.26. The molecule has 1 saturated heterocycles. The van der Waals surface area contributed by atoms with Crippen molar-refractivity contribution in [3.8, 4) is 0 Å². The SMILES string of the molecule is CC1CCNC1c1cccc(N=O)c1. The second-order valence-electron chi connectivity index (χ2n) is 3.88. The van der Waals surface area contributed by atoms with Gasteiger partial charge in [0.25, 0.3) is 0 Å². The van der Waals surface area contributed by atoms with Crippen molar-refractivity contribution >= 4 is 5.69 Å². The van der Waals surface area contributed by atoms with Gasteiger partial charge in [-0.05, 0) is 41.8 Å². The minimum atomic E-state index is 0.386. The summed E-state index contributed by atoms with van der Waals surface area (Å²) in [6.07, 6.45) is 1.20. The van der Waals surface area contributed by atoms with Gasteiger partial charge >= 0.3 is 0 Å². The molecule has 2 rings (SSSR count). The Hall–Kier alpha value is -1.22. The first-order valence-corrected chi connectivity index (χ1v) is 4.98. The third-order valence-electron chi connectivity index (χ3n) is 2.87. The lowest BCUT2D eigenvalue weighted by Crippen LogP contribution is -2.16. The first-order chi connectivity index (χ1) is 6.81. The van der Waals surface area contributed by atoms with Gasteiger partial charge in [0.2, 0.25) is 0 Å². The number of nitrogens with zero attached hydrogens (tertiary/aromatic N) is 1. The van der Waals surface area contributed by atoms with Crippen molar-refractivity contribution in [1.29, 1.82) is 0 Å². The van der Waals surface area contributed by atoms with E-state index in [0.29, 0.717) is 17.6 Å². The largest absolute Gasteiger partial charge is 0.310 e. The molecule has 14 heavy (non-hydrogen) atoms. The van der Waals surface area contributed by atoms with E-state index in [4.69, 9.17) is 0 Å². The molecule has 1 aromatic rings. The molecule has 1 fully saturated rings. The molecule has 3 nitrogen and oxygen atoms in total. The number of benzene rings is 1. The number of nitrogens with one attached hydrogen (secondary N) is 1. The summed E-state index contributed by atoms with van der Waals surface area (Å²) in [5, 5.41) is 6.38. The Kier molecular flexibility index (Phi) is 2.59. The van der Waals surface area contributed by atoms with Crippen molar-refractivity contribution in [3.63, 3.8) is 0 Å². The molecule has 74 valence electrons. The fourth-order valence-electron chi connectivity index (χ4n) is 2.06. The lowest BCUT2D eigenvalue weighted by Gasteiger charge is -2.15. The molecule has 1 aliphatic heterocycles. The Morgan fingerprint density at radius 2 is 2.36 bits per heavy atom. The molecule has 0 aromatic heterocycles. The number of rotatable bonds is 2. The lowest BCUT2D eigenvalue weighted by molar-refractivity contribution is 0.504. The van der Waals surface area contributed by atoms with Crippen molar-refractivity contribution in [2.24, 2.45) is 11.1 Å². The van der Waals surface area contributed by atoms with Crippen LogP contribution < -0.4 is 5.32 Å². The minimum Gasteiger partial charge on any atom is -0.310 e. The molecule has 1 heterocycles. The molecular formula is C11H14N2O. The summed E-state index contributed by atoms with van der Waals surface area (Å²) in [6.45, 7) is 3.29. The van der Waals surface area contributed by atoms with Crippen LogP contribution in [0.5, 0.6) is 0 Å². The first-order valence-electron chi connectivity index (χ1n) is 4.98. The molecule has 1 aliphatic rings. The maximum absolute atomic E-state index is 10.4. The lowest BCUT2D eigenvalue weighted by atomic mass is 9.96. The monoisotopic (exact) mass is 190 g/mol. The van der Waals surface area contributed by atoms with Gasteiger partial charge in [-0.1, -0.05) is 19.1 Å².